The smallest absolute Gasteiger partial charge is 0.181 e. The van der Waals surface area contributed by atoms with E-state index in [0.717, 1.165) is 42.3 Å². The molecule has 1 heterocycles. The lowest BCUT2D eigenvalue weighted by atomic mass is 10.1. The monoisotopic (exact) mass is 330 g/mol. The van der Waals surface area contributed by atoms with Crippen molar-refractivity contribution in [2.75, 3.05) is 24.8 Å². The van der Waals surface area contributed by atoms with Gasteiger partial charge in [-0.25, -0.2) is 0 Å². The Hall–Kier alpha value is -1.69. The average molecular weight is 330 g/mol. The first-order valence-corrected chi connectivity index (χ1v) is 9.17. The lowest BCUT2D eigenvalue weighted by molar-refractivity contribution is 0.414. The van der Waals surface area contributed by atoms with Crippen LogP contribution in [0.15, 0.2) is 47.4 Å². The third-order valence-corrected chi connectivity index (χ3v) is 5.23. The predicted octanol–water partition coefficient (Wildman–Crippen LogP) is 2.91. The molecule has 0 amide bonds. The van der Waals surface area contributed by atoms with Gasteiger partial charge < -0.3 is 19.9 Å². The van der Waals surface area contributed by atoms with Gasteiger partial charge in [-0.2, -0.15) is 0 Å². The summed E-state index contributed by atoms with van der Waals surface area (Å²) in [4.78, 5) is 0.952. The van der Waals surface area contributed by atoms with E-state index in [1.165, 1.54) is 11.1 Å². The average Bonchev–Trinajstić information content (AvgIpc) is 2.96. The van der Waals surface area contributed by atoms with Crippen molar-refractivity contribution in [1.82, 2.24) is 5.32 Å². The van der Waals surface area contributed by atoms with E-state index >= 15 is 0 Å². The van der Waals surface area contributed by atoms with Crippen LogP contribution in [0.2, 0.25) is 0 Å². The van der Waals surface area contributed by atoms with E-state index in [-0.39, 0.29) is 0 Å². The van der Waals surface area contributed by atoms with Gasteiger partial charge in [0.05, 0.1) is 12.8 Å². The molecule has 122 valence electrons. The third kappa shape index (κ3) is 4.19. The van der Waals surface area contributed by atoms with Gasteiger partial charge in [0.15, 0.2) is 10.8 Å². The fraction of sp³-hybridized carbons (Fsp3) is 0.333. The van der Waals surface area contributed by atoms with Crippen LogP contribution in [0.3, 0.4) is 0 Å². The number of hydrogen-bond acceptors (Lipinski definition) is 4. The Balaban J connectivity index is 1.40. The number of ether oxygens (including phenoxy) is 1. The van der Waals surface area contributed by atoms with E-state index in [1.54, 1.807) is 7.11 Å². The topological polar surface area (TPSA) is 56.3 Å². The van der Waals surface area contributed by atoms with E-state index < -0.39 is 11.2 Å². The normalized spacial score (nSPS) is 16.0. The molecule has 1 aliphatic heterocycles. The summed E-state index contributed by atoms with van der Waals surface area (Å²) in [5.41, 5.74) is 3.53. The molecular weight excluding hydrogens is 308 g/mol. The largest absolute Gasteiger partial charge is 0.610 e. The minimum absolute atomic E-state index is 0.544. The highest BCUT2D eigenvalue weighted by molar-refractivity contribution is 7.92. The molecule has 2 aromatic carbocycles. The number of benzene rings is 2. The van der Waals surface area contributed by atoms with Crippen LogP contribution in [0.25, 0.3) is 0 Å². The molecule has 0 fully saturated rings. The maximum absolute atomic E-state index is 11.8. The van der Waals surface area contributed by atoms with Gasteiger partial charge in [-0.1, -0.05) is 18.2 Å². The van der Waals surface area contributed by atoms with Crippen LogP contribution in [-0.2, 0) is 24.1 Å². The van der Waals surface area contributed by atoms with Gasteiger partial charge >= 0.3 is 0 Å². The standard InChI is InChI=1S/C18H22N2O2S/c1-22-16-7-4-15(5-8-16)12-19-10-2-3-14-6-9-17-18(11-14)23(21)13-20-17/h4-9,11,19-20H,2-3,10,12-13H2,1H3. The van der Waals surface area contributed by atoms with Crippen LogP contribution in [-0.4, -0.2) is 24.1 Å². The minimum Gasteiger partial charge on any atom is -0.610 e. The van der Waals surface area contributed by atoms with Gasteiger partial charge in [0.2, 0.25) is 0 Å². The van der Waals surface area contributed by atoms with Crippen molar-refractivity contribution in [3.63, 3.8) is 0 Å². The maximum atomic E-state index is 11.8. The molecule has 2 aromatic rings. The van der Waals surface area contributed by atoms with E-state index in [1.807, 2.05) is 18.2 Å². The summed E-state index contributed by atoms with van der Waals surface area (Å²) in [6.07, 6.45) is 2.06. The third-order valence-electron chi connectivity index (χ3n) is 3.99. The van der Waals surface area contributed by atoms with E-state index in [4.69, 9.17) is 4.74 Å². The predicted molar refractivity (Wildman–Crippen MR) is 94.4 cm³/mol. The Morgan fingerprint density at radius 2 is 1.96 bits per heavy atom. The molecule has 0 spiro atoms. The van der Waals surface area contributed by atoms with Crippen LogP contribution in [0.5, 0.6) is 5.75 Å². The molecule has 0 bridgehead atoms. The van der Waals surface area contributed by atoms with Gasteiger partial charge in [-0.15, -0.1) is 0 Å². The highest BCUT2D eigenvalue weighted by atomic mass is 32.2. The summed E-state index contributed by atoms with van der Waals surface area (Å²) in [6.45, 7) is 1.83. The quantitative estimate of drug-likeness (QED) is 0.605. The van der Waals surface area contributed by atoms with Crippen LogP contribution >= 0.6 is 0 Å². The molecule has 4 nitrogen and oxygen atoms in total. The number of nitrogens with one attached hydrogen (secondary N) is 2. The van der Waals surface area contributed by atoms with Crippen molar-refractivity contribution >= 4 is 16.9 Å². The van der Waals surface area contributed by atoms with Crippen molar-refractivity contribution in [3.05, 3.63) is 53.6 Å². The first kappa shape index (κ1) is 16.2. The molecule has 2 N–H and O–H groups in total. The Bertz CT molecular complexity index is 646. The van der Waals surface area contributed by atoms with Gasteiger partial charge in [0, 0.05) is 17.7 Å². The zero-order valence-corrected chi connectivity index (χ0v) is 14.1. The maximum Gasteiger partial charge on any atom is 0.181 e. The fourth-order valence-electron chi connectivity index (χ4n) is 2.67. The zero-order valence-electron chi connectivity index (χ0n) is 13.3. The number of anilines is 1. The molecule has 0 saturated carbocycles. The van der Waals surface area contributed by atoms with E-state index in [2.05, 4.69) is 34.9 Å². The van der Waals surface area contributed by atoms with Crippen LogP contribution in [0.1, 0.15) is 17.5 Å². The first-order chi connectivity index (χ1) is 11.3. The molecule has 3 rings (SSSR count). The molecule has 23 heavy (non-hydrogen) atoms. The van der Waals surface area contributed by atoms with Gasteiger partial charge in [-0.3, -0.25) is 0 Å². The summed E-state index contributed by atoms with van der Waals surface area (Å²) in [5, 5.41) is 6.62. The molecule has 0 saturated heterocycles. The van der Waals surface area contributed by atoms with Crippen molar-refractivity contribution < 1.29 is 9.29 Å². The number of fused-ring (bicyclic) bond motifs is 1. The number of rotatable bonds is 7. The molecule has 5 heteroatoms. The molecule has 0 aromatic heterocycles. The van der Waals surface area contributed by atoms with E-state index in [9.17, 15) is 4.55 Å². The Morgan fingerprint density at radius 1 is 1.17 bits per heavy atom. The van der Waals surface area contributed by atoms with Crippen molar-refractivity contribution in [1.29, 1.82) is 0 Å². The van der Waals surface area contributed by atoms with Gasteiger partial charge in [-0.05, 0) is 54.8 Å². The lowest BCUT2D eigenvalue weighted by Gasteiger charge is -2.07. The van der Waals surface area contributed by atoms with E-state index in [0.29, 0.717) is 5.88 Å². The molecule has 1 unspecified atom stereocenters. The molecular formula is C18H22N2O2S. The zero-order chi connectivity index (χ0) is 16.1. The van der Waals surface area contributed by atoms with Crippen molar-refractivity contribution in [3.8, 4) is 5.75 Å². The lowest BCUT2D eigenvalue weighted by Crippen LogP contribution is -2.15. The second-order valence-electron chi connectivity index (χ2n) is 5.63. The van der Waals surface area contributed by atoms with Gasteiger partial charge in [0.1, 0.15) is 5.75 Å². The molecule has 1 aliphatic rings. The van der Waals surface area contributed by atoms with Crippen molar-refractivity contribution in [2.24, 2.45) is 0 Å². The Morgan fingerprint density at radius 3 is 2.74 bits per heavy atom. The summed E-state index contributed by atoms with van der Waals surface area (Å²) in [5.74, 6) is 1.43. The van der Waals surface area contributed by atoms with Gasteiger partial charge in [0.25, 0.3) is 0 Å². The summed E-state index contributed by atoms with van der Waals surface area (Å²) < 4.78 is 17.0. The van der Waals surface area contributed by atoms with Crippen LogP contribution < -0.4 is 15.4 Å². The minimum atomic E-state index is -0.882. The highest BCUT2D eigenvalue weighted by Gasteiger charge is 2.23. The second-order valence-corrected chi connectivity index (χ2v) is 7.05. The molecule has 0 radical (unpaired) electrons. The highest BCUT2D eigenvalue weighted by Crippen LogP contribution is 2.29. The summed E-state index contributed by atoms with van der Waals surface area (Å²) in [7, 11) is 1.68. The first-order valence-electron chi connectivity index (χ1n) is 7.85. The second kappa shape index (κ2) is 7.73. The van der Waals surface area contributed by atoms with Crippen LogP contribution in [0.4, 0.5) is 5.69 Å². The number of hydrogen-bond donors (Lipinski definition) is 2. The van der Waals surface area contributed by atoms with Crippen LogP contribution in [0, 0.1) is 0 Å². The molecule has 0 aliphatic carbocycles. The summed E-state index contributed by atoms with van der Waals surface area (Å²) in [6, 6.07) is 14.4. The fourth-order valence-corrected chi connectivity index (χ4v) is 3.78. The SMILES string of the molecule is COc1ccc(CNCCCc2ccc3c(c2)[S+]([O-])CN3)cc1. The summed E-state index contributed by atoms with van der Waals surface area (Å²) >= 11 is -0.882. The number of methoxy groups -OCH3 is 1. The number of aryl methyl sites for hydroxylation is 1. The van der Waals surface area contributed by atoms with Crippen molar-refractivity contribution in [2.45, 2.75) is 24.3 Å². The Labute approximate surface area is 140 Å². The molecule has 1 atom stereocenters. The Kier molecular flexibility index (Phi) is 5.43.